The zero-order valence-corrected chi connectivity index (χ0v) is 30.3. The molecule has 0 fully saturated rings. The molecule has 0 aliphatic carbocycles. The molecule has 7 aromatic carbocycles. The SMILES string of the molecule is c1ccc(-c2cc(-c3ccccc3)nc(-c3ccc(-n4c5ccccc5c5ccc(-c6ccc7c(c6)c6ncccc6n7-c6ccccc6)cc54)cc3)n2)cc1. The minimum atomic E-state index is 0.694. The Hall–Kier alpha value is -7.63. The quantitative estimate of drug-likeness (QED) is 0.172. The second-order valence-corrected chi connectivity index (χ2v) is 14.1. The zero-order chi connectivity index (χ0) is 37.0. The molecule has 0 saturated carbocycles. The van der Waals surface area contributed by atoms with Crippen LogP contribution in [-0.2, 0) is 0 Å². The van der Waals surface area contributed by atoms with Gasteiger partial charge in [0.05, 0.1) is 39.0 Å². The van der Waals surface area contributed by atoms with Crippen molar-refractivity contribution in [2.24, 2.45) is 0 Å². The molecule has 4 aromatic heterocycles. The molecule has 0 bridgehead atoms. The molecule has 5 heteroatoms. The molecule has 4 heterocycles. The Morgan fingerprint density at radius 3 is 1.59 bits per heavy atom. The summed E-state index contributed by atoms with van der Waals surface area (Å²) in [5.41, 5.74) is 14.9. The molecule has 262 valence electrons. The van der Waals surface area contributed by atoms with Gasteiger partial charge in [0.25, 0.3) is 0 Å². The van der Waals surface area contributed by atoms with Gasteiger partial charge in [0, 0.05) is 50.4 Å². The molecular weight excluding hydrogens is 683 g/mol. The van der Waals surface area contributed by atoms with Crippen molar-refractivity contribution in [1.82, 2.24) is 24.1 Å². The summed E-state index contributed by atoms with van der Waals surface area (Å²) in [5, 5.41) is 3.56. The number of hydrogen-bond acceptors (Lipinski definition) is 3. The third kappa shape index (κ3) is 5.29. The van der Waals surface area contributed by atoms with E-state index < -0.39 is 0 Å². The fraction of sp³-hybridized carbons (Fsp3) is 0. The molecule has 5 nitrogen and oxygen atoms in total. The summed E-state index contributed by atoms with van der Waals surface area (Å²) in [4.78, 5) is 15.0. The van der Waals surface area contributed by atoms with E-state index in [1.165, 1.54) is 10.8 Å². The second-order valence-electron chi connectivity index (χ2n) is 14.1. The molecule has 0 unspecified atom stereocenters. The summed E-state index contributed by atoms with van der Waals surface area (Å²) in [7, 11) is 0. The molecule has 0 aliphatic heterocycles. The van der Waals surface area contributed by atoms with Gasteiger partial charge in [-0.15, -0.1) is 0 Å². The van der Waals surface area contributed by atoms with Gasteiger partial charge in [0.1, 0.15) is 0 Å². The highest BCUT2D eigenvalue weighted by Crippen LogP contribution is 2.38. The van der Waals surface area contributed by atoms with Gasteiger partial charge in [0.2, 0.25) is 0 Å². The van der Waals surface area contributed by atoms with Crippen LogP contribution in [-0.4, -0.2) is 24.1 Å². The lowest BCUT2D eigenvalue weighted by Gasteiger charge is -2.12. The van der Waals surface area contributed by atoms with Crippen LogP contribution >= 0.6 is 0 Å². The monoisotopic (exact) mass is 715 g/mol. The maximum Gasteiger partial charge on any atom is 0.160 e. The van der Waals surface area contributed by atoms with Gasteiger partial charge in [0.15, 0.2) is 5.82 Å². The van der Waals surface area contributed by atoms with Gasteiger partial charge in [-0.1, -0.05) is 115 Å². The first-order valence-electron chi connectivity index (χ1n) is 18.9. The predicted molar refractivity (Wildman–Crippen MR) is 230 cm³/mol. The van der Waals surface area contributed by atoms with E-state index in [0.717, 1.165) is 83.5 Å². The summed E-state index contributed by atoms with van der Waals surface area (Å²) in [6.45, 7) is 0. The van der Waals surface area contributed by atoms with Gasteiger partial charge in [-0.2, -0.15) is 0 Å². The largest absolute Gasteiger partial charge is 0.309 e. The number of benzene rings is 7. The number of fused-ring (bicyclic) bond motifs is 6. The molecular formula is C51H33N5. The summed E-state index contributed by atoms with van der Waals surface area (Å²) < 4.78 is 4.67. The van der Waals surface area contributed by atoms with E-state index in [1.807, 2.05) is 48.7 Å². The molecule has 56 heavy (non-hydrogen) atoms. The normalized spacial score (nSPS) is 11.6. The van der Waals surface area contributed by atoms with Crippen LogP contribution in [0.25, 0.3) is 100 Å². The summed E-state index contributed by atoms with van der Waals surface area (Å²) in [6.07, 6.45) is 1.88. The van der Waals surface area contributed by atoms with Crippen LogP contribution in [0.15, 0.2) is 200 Å². The Balaban J connectivity index is 1.03. The van der Waals surface area contributed by atoms with Crippen LogP contribution < -0.4 is 0 Å². The Morgan fingerprint density at radius 1 is 0.321 bits per heavy atom. The molecule has 0 amide bonds. The highest BCUT2D eigenvalue weighted by Gasteiger charge is 2.17. The lowest BCUT2D eigenvalue weighted by atomic mass is 10.0. The highest BCUT2D eigenvalue weighted by molar-refractivity contribution is 6.11. The van der Waals surface area contributed by atoms with Crippen LogP contribution in [0.2, 0.25) is 0 Å². The van der Waals surface area contributed by atoms with Crippen LogP contribution in [0.3, 0.4) is 0 Å². The minimum absolute atomic E-state index is 0.694. The first-order chi connectivity index (χ1) is 27.8. The Bertz CT molecular complexity index is 3160. The lowest BCUT2D eigenvalue weighted by molar-refractivity contribution is 1.16. The Morgan fingerprint density at radius 2 is 0.857 bits per heavy atom. The van der Waals surface area contributed by atoms with E-state index in [0.29, 0.717) is 5.82 Å². The first kappa shape index (κ1) is 31.9. The van der Waals surface area contributed by atoms with Gasteiger partial charge in [-0.25, -0.2) is 9.97 Å². The van der Waals surface area contributed by atoms with Gasteiger partial charge in [-0.05, 0) is 90.0 Å². The third-order valence-electron chi connectivity index (χ3n) is 10.8. The van der Waals surface area contributed by atoms with E-state index in [9.17, 15) is 0 Å². The Labute approximate surface area is 323 Å². The summed E-state index contributed by atoms with van der Waals surface area (Å²) >= 11 is 0. The van der Waals surface area contributed by atoms with Gasteiger partial charge >= 0.3 is 0 Å². The van der Waals surface area contributed by atoms with Gasteiger partial charge < -0.3 is 9.13 Å². The molecule has 0 spiro atoms. The van der Waals surface area contributed by atoms with Crippen molar-refractivity contribution in [3.8, 4) is 56.4 Å². The summed E-state index contributed by atoms with van der Waals surface area (Å²) in [6, 6.07) is 68.3. The standard InChI is InChI=1S/C51H33N5/c1-4-13-34(14-5-1)44-33-45(35-15-6-2-7-16-35)54-51(53-44)36-22-26-40(27-23-36)56-46-20-11-10-19-41(46)42-28-24-38(32-49(42)56)37-25-29-47-43(31-37)50-48(21-12-30-52-50)55(47)39-17-8-3-9-18-39/h1-33H. The average molecular weight is 716 g/mol. The van der Waals surface area contributed by atoms with Crippen molar-refractivity contribution in [3.05, 3.63) is 200 Å². The van der Waals surface area contributed by atoms with Crippen molar-refractivity contribution < 1.29 is 0 Å². The average Bonchev–Trinajstić information content (AvgIpc) is 3.79. The maximum atomic E-state index is 5.07. The van der Waals surface area contributed by atoms with E-state index >= 15 is 0 Å². The number of nitrogens with zero attached hydrogens (tertiary/aromatic N) is 5. The summed E-state index contributed by atoms with van der Waals surface area (Å²) in [5.74, 6) is 0.694. The third-order valence-corrected chi connectivity index (χ3v) is 10.8. The van der Waals surface area contributed by atoms with E-state index in [-0.39, 0.29) is 0 Å². The number of hydrogen-bond donors (Lipinski definition) is 0. The van der Waals surface area contributed by atoms with Crippen LogP contribution in [0.1, 0.15) is 0 Å². The fourth-order valence-electron chi connectivity index (χ4n) is 8.15. The second kappa shape index (κ2) is 13.0. The predicted octanol–water partition coefficient (Wildman–Crippen LogP) is 12.7. The zero-order valence-electron chi connectivity index (χ0n) is 30.3. The number of pyridine rings is 1. The topological polar surface area (TPSA) is 48.5 Å². The maximum absolute atomic E-state index is 5.07. The number of aromatic nitrogens is 5. The molecule has 0 radical (unpaired) electrons. The lowest BCUT2D eigenvalue weighted by Crippen LogP contribution is -1.97. The van der Waals surface area contributed by atoms with Crippen LogP contribution in [0.5, 0.6) is 0 Å². The fourth-order valence-corrected chi connectivity index (χ4v) is 8.15. The van der Waals surface area contributed by atoms with Crippen LogP contribution in [0.4, 0.5) is 0 Å². The minimum Gasteiger partial charge on any atom is -0.309 e. The van der Waals surface area contributed by atoms with Gasteiger partial charge in [-0.3, -0.25) is 4.98 Å². The van der Waals surface area contributed by atoms with Crippen molar-refractivity contribution in [3.63, 3.8) is 0 Å². The smallest absolute Gasteiger partial charge is 0.160 e. The van der Waals surface area contributed by atoms with Crippen molar-refractivity contribution >= 4 is 43.7 Å². The van der Waals surface area contributed by atoms with Crippen LogP contribution in [0, 0.1) is 0 Å². The first-order valence-corrected chi connectivity index (χ1v) is 18.9. The van der Waals surface area contributed by atoms with E-state index in [4.69, 9.17) is 15.0 Å². The van der Waals surface area contributed by atoms with Crippen molar-refractivity contribution in [1.29, 1.82) is 0 Å². The van der Waals surface area contributed by atoms with E-state index in [1.54, 1.807) is 0 Å². The molecule has 0 atom stereocenters. The van der Waals surface area contributed by atoms with Crippen molar-refractivity contribution in [2.45, 2.75) is 0 Å². The molecule has 0 N–H and O–H groups in total. The molecule has 0 aliphatic rings. The Kier molecular flexibility index (Phi) is 7.42. The molecule has 0 saturated heterocycles. The highest BCUT2D eigenvalue weighted by atomic mass is 15.0. The number of para-hydroxylation sites is 2. The van der Waals surface area contributed by atoms with E-state index in [2.05, 4.69) is 161 Å². The van der Waals surface area contributed by atoms with Crippen molar-refractivity contribution in [2.75, 3.05) is 0 Å². The number of rotatable bonds is 6. The molecule has 11 rings (SSSR count). The molecule has 11 aromatic rings.